The molecule has 1 aromatic carbocycles. The molecule has 0 fully saturated rings. The van der Waals surface area contributed by atoms with Gasteiger partial charge in [0.05, 0.1) is 11.4 Å². The summed E-state index contributed by atoms with van der Waals surface area (Å²) < 4.78 is 55.2. The summed E-state index contributed by atoms with van der Waals surface area (Å²) in [4.78, 5) is 12.5. The van der Waals surface area contributed by atoms with Crippen molar-refractivity contribution in [3.8, 4) is 5.82 Å². The molecule has 29 heavy (non-hydrogen) atoms. The fourth-order valence-electron chi connectivity index (χ4n) is 2.61. The summed E-state index contributed by atoms with van der Waals surface area (Å²) >= 11 is 0. The number of anilines is 1. The van der Waals surface area contributed by atoms with Crippen LogP contribution < -0.4 is 10.0 Å². The van der Waals surface area contributed by atoms with Crippen molar-refractivity contribution in [2.24, 2.45) is 0 Å². The van der Waals surface area contributed by atoms with E-state index in [4.69, 9.17) is 0 Å². The Balaban J connectivity index is 1.56. The van der Waals surface area contributed by atoms with Crippen molar-refractivity contribution in [3.05, 3.63) is 65.5 Å². The SMILES string of the molecule is Cc1ncn(-c2cc(NCCNS(=O)(=O)Cc3cc(F)ccc3F)ncn2)c1C. The van der Waals surface area contributed by atoms with Crippen LogP contribution in [0.3, 0.4) is 0 Å². The molecule has 0 aliphatic rings. The average Bonchev–Trinajstić information content (AvgIpc) is 3.01. The number of hydrogen-bond donors (Lipinski definition) is 2. The Morgan fingerprint density at radius 2 is 1.86 bits per heavy atom. The molecular formula is C18H20F2N6O2S. The number of benzene rings is 1. The molecule has 0 saturated heterocycles. The lowest BCUT2D eigenvalue weighted by molar-refractivity contribution is 0.571. The maximum absolute atomic E-state index is 13.6. The number of aromatic nitrogens is 4. The second-order valence-corrected chi connectivity index (χ2v) is 8.17. The molecule has 2 aromatic heterocycles. The van der Waals surface area contributed by atoms with Gasteiger partial charge in [-0.25, -0.2) is 36.9 Å². The molecule has 0 amide bonds. The number of halogens is 2. The predicted octanol–water partition coefficient (Wildman–Crippen LogP) is 2.09. The third-order valence-electron chi connectivity index (χ3n) is 4.26. The average molecular weight is 422 g/mol. The highest BCUT2D eigenvalue weighted by molar-refractivity contribution is 7.88. The van der Waals surface area contributed by atoms with Crippen molar-refractivity contribution in [1.82, 2.24) is 24.2 Å². The van der Waals surface area contributed by atoms with Crippen molar-refractivity contribution >= 4 is 15.8 Å². The highest BCUT2D eigenvalue weighted by atomic mass is 32.2. The maximum atomic E-state index is 13.6. The summed E-state index contributed by atoms with van der Waals surface area (Å²) in [6.07, 6.45) is 3.06. The molecule has 3 rings (SSSR count). The first kappa shape index (κ1) is 20.8. The molecule has 0 aliphatic carbocycles. The summed E-state index contributed by atoms with van der Waals surface area (Å²) in [5, 5.41) is 2.99. The Morgan fingerprint density at radius 3 is 2.59 bits per heavy atom. The number of aryl methyl sites for hydroxylation is 1. The number of nitrogens with zero attached hydrogens (tertiary/aromatic N) is 4. The second-order valence-electron chi connectivity index (χ2n) is 6.36. The summed E-state index contributed by atoms with van der Waals surface area (Å²) in [7, 11) is -3.82. The first-order valence-corrected chi connectivity index (χ1v) is 10.4. The van der Waals surface area contributed by atoms with Crippen molar-refractivity contribution in [3.63, 3.8) is 0 Å². The number of imidazole rings is 1. The molecule has 8 nitrogen and oxygen atoms in total. The first-order valence-electron chi connectivity index (χ1n) is 8.73. The smallest absolute Gasteiger partial charge is 0.215 e. The third kappa shape index (κ3) is 5.33. The van der Waals surface area contributed by atoms with Gasteiger partial charge >= 0.3 is 0 Å². The van der Waals surface area contributed by atoms with E-state index in [1.165, 1.54) is 6.33 Å². The van der Waals surface area contributed by atoms with E-state index in [0.717, 1.165) is 29.6 Å². The van der Waals surface area contributed by atoms with Gasteiger partial charge in [-0.05, 0) is 32.0 Å². The molecule has 0 aliphatic heterocycles. The van der Waals surface area contributed by atoms with Crippen LogP contribution in [0.1, 0.15) is 17.0 Å². The number of rotatable bonds is 8. The van der Waals surface area contributed by atoms with Crippen LogP contribution in [-0.4, -0.2) is 41.0 Å². The topological polar surface area (TPSA) is 102 Å². The number of hydrogen-bond acceptors (Lipinski definition) is 6. The Morgan fingerprint density at radius 1 is 1.07 bits per heavy atom. The van der Waals surface area contributed by atoms with Gasteiger partial charge in [0.2, 0.25) is 10.0 Å². The van der Waals surface area contributed by atoms with Gasteiger partial charge in [-0.15, -0.1) is 0 Å². The molecule has 154 valence electrons. The third-order valence-corrected chi connectivity index (χ3v) is 5.59. The lowest BCUT2D eigenvalue weighted by atomic mass is 10.2. The van der Waals surface area contributed by atoms with E-state index in [0.29, 0.717) is 11.6 Å². The quantitative estimate of drug-likeness (QED) is 0.539. The van der Waals surface area contributed by atoms with Gasteiger partial charge in [0.1, 0.15) is 35.9 Å². The summed E-state index contributed by atoms with van der Waals surface area (Å²) in [6.45, 7) is 4.10. The summed E-state index contributed by atoms with van der Waals surface area (Å²) in [6, 6.07) is 4.42. The van der Waals surface area contributed by atoms with Gasteiger partial charge in [0, 0.05) is 30.4 Å². The molecule has 2 N–H and O–H groups in total. The first-order chi connectivity index (χ1) is 13.7. The van der Waals surface area contributed by atoms with E-state index in [9.17, 15) is 17.2 Å². The summed E-state index contributed by atoms with van der Waals surface area (Å²) in [5.74, 6) is -0.971. The van der Waals surface area contributed by atoms with Crippen LogP contribution in [0, 0.1) is 25.5 Å². The van der Waals surface area contributed by atoms with Crippen LogP contribution in [0.15, 0.2) is 36.9 Å². The normalized spacial score (nSPS) is 11.6. The van der Waals surface area contributed by atoms with Crippen molar-refractivity contribution in [1.29, 1.82) is 0 Å². The molecule has 3 aromatic rings. The van der Waals surface area contributed by atoms with Gasteiger partial charge in [-0.2, -0.15) is 0 Å². The standard InChI is InChI=1S/C18H20F2N6O2S/c1-12-13(2)26(11-24-12)18-8-17(22-10-23-18)21-5-6-25-29(27,28)9-14-7-15(19)3-4-16(14)20/h3-4,7-8,10-11,25H,5-6,9H2,1-2H3,(H,21,22,23). The monoisotopic (exact) mass is 422 g/mol. The fraction of sp³-hybridized carbons (Fsp3) is 0.278. The Labute approximate surface area is 167 Å². The van der Waals surface area contributed by atoms with Crippen LogP contribution in [0.2, 0.25) is 0 Å². The predicted molar refractivity (Wildman–Crippen MR) is 104 cm³/mol. The number of nitrogens with one attached hydrogen (secondary N) is 2. The van der Waals surface area contributed by atoms with Gasteiger partial charge in [0.15, 0.2) is 0 Å². The minimum absolute atomic E-state index is 0.0435. The van der Waals surface area contributed by atoms with Crippen LogP contribution >= 0.6 is 0 Å². The lowest BCUT2D eigenvalue weighted by Gasteiger charge is -2.10. The summed E-state index contributed by atoms with van der Waals surface area (Å²) in [5.41, 5.74) is 1.62. The van der Waals surface area contributed by atoms with Crippen molar-refractivity contribution in [2.75, 3.05) is 18.4 Å². The zero-order valence-electron chi connectivity index (χ0n) is 15.9. The zero-order valence-corrected chi connectivity index (χ0v) is 16.7. The van der Waals surface area contributed by atoms with Crippen LogP contribution in [0.4, 0.5) is 14.6 Å². The molecule has 2 heterocycles. The minimum atomic E-state index is -3.82. The lowest BCUT2D eigenvalue weighted by Crippen LogP contribution is -2.30. The second kappa shape index (κ2) is 8.62. The van der Waals surface area contributed by atoms with E-state index in [1.807, 2.05) is 18.4 Å². The highest BCUT2D eigenvalue weighted by Gasteiger charge is 2.15. The fourth-order valence-corrected chi connectivity index (χ4v) is 3.76. The van der Waals surface area contributed by atoms with Gasteiger partial charge in [-0.3, -0.25) is 4.57 Å². The maximum Gasteiger partial charge on any atom is 0.215 e. The Kier molecular flexibility index (Phi) is 6.18. The van der Waals surface area contributed by atoms with E-state index >= 15 is 0 Å². The zero-order chi connectivity index (χ0) is 21.0. The van der Waals surface area contributed by atoms with E-state index in [2.05, 4.69) is 25.0 Å². The van der Waals surface area contributed by atoms with Crippen LogP contribution in [-0.2, 0) is 15.8 Å². The molecule has 0 atom stereocenters. The Bertz CT molecular complexity index is 1120. The van der Waals surface area contributed by atoms with Gasteiger partial charge in [0.25, 0.3) is 0 Å². The van der Waals surface area contributed by atoms with E-state index in [1.54, 1.807) is 12.4 Å². The van der Waals surface area contributed by atoms with Gasteiger partial charge in [-0.1, -0.05) is 0 Å². The van der Waals surface area contributed by atoms with E-state index in [-0.39, 0.29) is 18.7 Å². The number of sulfonamides is 1. The molecule has 0 saturated carbocycles. The van der Waals surface area contributed by atoms with Gasteiger partial charge < -0.3 is 5.32 Å². The molecule has 0 unspecified atom stereocenters. The van der Waals surface area contributed by atoms with Crippen LogP contribution in [0.5, 0.6) is 0 Å². The molecule has 0 spiro atoms. The Hall–Kier alpha value is -2.92. The highest BCUT2D eigenvalue weighted by Crippen LogP contribution is 2.14. The minimum Gasteiger partial charge on any atom is -0.369 e. The van der Waals surface area contributed by atoms with Crippen LogP contribution in [0.25, 0.3) is 5.82 Å². The molecule has 0 bridgehead atoms. The largest absolute Gasteiger partial charge is 0.369 e. The van der Waals surface area contributed by atoms with E-state index < -0.39 is 27.4 Å². The van der Waals surface area contributed by atoms with Crippen molar-refractivity contribution < 1.29 is 17.2 Å². The molecule has 11 heteroatoms. The molecular weight excluding hydrogens is 402 g/mol. The van der Waals surface area contributed by atoms with Crippen molar-refractivity contribution in [2.45, 2.75) is 19.6 Å². The molecule has 0 radical (unpaired) electrons.